The normalized spacial score (nSPS) is 13.5. The summed E-state index contributed by atoms with van der Waals surface area (Å²) in [5.74, 6) is -1.45. The molecule has 0 rings (SSSR count). The SMILES string of the molecule is CCCC/C=C\CCCCCCCC(=O)OCC(COP(=O)(O)OCC(CO)OC(=O)CCCCCCCCCCCCC)OC(=O)CCCCCCCCCCCCCCCCCCC. The van der Waals surface area contributed by atoms with E-state index in [1.165, 1.54) is 141 Å². The molecule has 0 radical (unpaired) electrons. The topological polar surface area (TPSA) is 155 Å². The van der Waals surface area contributed by atoms with Gasteiger partial charge in [-0.15, -0.1) is 0 Å². The average Bonchev–Trinajstić information content (AvgIpc) is 3.30. The molecule has 0 aromatic heterocycles. The minimum absolute atomic E-state index is 0.174. The summed E-state index contributed by atoms with van der Waals surface area (Å²) in [7, 11) is -4.73. The lowest BCUT2D eigenvalue weighted by molar-refractivity contribution is -0.161. The monoisotopic (exact) mass is 959 g/mol. The molecule has 0 aromatic rings. The molecule has 2 N–H and O–H groups in total. The van der Waals surface area contributed by atoms with Crippen molar-refractivity contribution in [2.75, 3.05) is 26.4 Å². The molecule has 0 saturated heterocycles. The molecule has 0 aromatic carbocycles. The molecule has 0 amide bonds. The zero-order valence-electron chi connectivity index (χ0n) is 42.9. The smallest absolute Gasteiger partial charge is 0.462 e. The second kappa shape index (κ2) is 49.6. The van der Waals surface area contributed by atoms with Gasteiger partial charge >= 0.3 is 25.7 Å². The van der Waals surface area contributed by atoms with Crippen molar-refractivity contribution >= 4 is 25.7 Å². The Bertz CT molecular complexity index is 1160. The molecule has 390 valence electrons. The molecule has 0 heterocycles. The number of phosphoric ester groups is 1. The molecule has 12 heteroatoms. The molecule has 0 aliphatic rings. The van der Waals surface area contributed by atoms with Crippen LogP contribution in [0.5, 0.6) is 0 Å². The minimum Gasteiger partial charge on any atom is -0.462 e. The predicted molar refractivity (Wildman–Crippen MR) is 270 cm³/mol. The Hall–Kier alpha value is -1.78. The fourth-order valence-electron chi connectivity index (χ4n) is 7.93. The van der Waals surface area contributed by atoms with Gasteiger partial charge < -0.3 is 24.2 Å². The Kier molecular flexibility index (Phi) is 48.3. The summed E-state index contributed by atoms with van der Waals surface area (Å²) in [4.78, 5) is 48.3. The first-order chi connectivity index (χ1) is 32.2. The van der Waals surface area contributed by atoms with Crippen LogP contribution in [0.1, 0.15) is 278 Å². The maximum Gasteiger partial charge on any atom is 0.472 e. The number of unbranched alkanes of at least 4 members (excludes halogenated alkanes) is 33. The van der Waals surface area contributed by atoms with Crippen LogP contribution in [0, 0.1) is 0 Å². The Labute approximate surface area is 405 Å². The van der Waals surface area contributed by atoms with Crippen LogP contribution < -0.4 is 0 Å². The molecule has 66 heavy (non-hydrogen) atoms. The summed E-state index contributed by atoms with van der Waals surface area (Å²) in [6.45, 7) is 4.63. The Morgan fingerprint density at radius 3 is 1.09 bits per heavy atom. The van der Waals surface area contributed by atoms with Gasteiger partial charge in [-0.25, -0.2) is 4.57 Å². The Morgan fingerprint density at radius 2 is 0.712 bits per heavy atom. The van der Waals surface area contributed by atoms with Crippen molar-refractivity contribution < 1.29 is 52.2 Å². The van der Waals surface area contributed by atoms with Crippen LogP contribution in [0.25, 0.3) is 0 Å². The van der Waals surface area contributed by atoms with Gasteiger partial charge in [0.15, 0.2) is 6.10 Å². The molecular weight excluding hydrogens is 856 g/mol. The van der Waals surface area contributed by atoms with Crippen LogP contribution >= 0.6 is 7.82 Å². The maximum absolute atomic E-state index is 12.9. The highest BCUT2D eigenvalue weighted by molar-refractivity contribution is 7.47. The highest BCUT2D eigenvalue weighted by Gasteiger charge is 2.28. The lowest BCUT2D eigenvalue weighted by atomic mass is 10.0. The lowest BCUT2D eigenvalue weighted by Crippen LogP contribution is -2.30. The van der Waals surface area contributed by atoms with Crippen molar-refractivity contribution in [3.63, 3.8) is 0 Å². The molecule has 0 aliphatic heterocycles. The zero-order chi connectivity index (χ0) is 48.4. The van der Waals surface area contributed by atoms with Gasteiger partial charge in [0.1, 0.15) is 12.7 Å². The number of aliphatic hydroxyl groups is 1. The van der Waals surface area contributed by atoms with E-state index in [1.54, 1.807) is 0 Å². The van der Waals surface area contributed by atoms with Crippen molar-refractivity contribution in [2.45, 2.75) is 290 Å². The standard InChI is InChI=1S/C54H103O11P/c1-4-7-10-13-16-19-22-23-24-25-26-27-30-33-36-39-42-45-54(58)65-51(47-61-52(56)43-40-37-34-31-28-20-17-14-11-8-5-2)49-63-66(59,60)62-48-50(46-55)64-53(57)44-41-38-35-32-29-21-18-15-12-9-6-3/h14,17,50-51,55H,4-13,15-16,18-49H2,1-3H3,(H,59,60)/b17-14-. The van der Waals surface area contributed by atoms with Crippen LogP contribution in [0.4, 0.5) is 0 Å². The first-order valence-electron chi connectivity index (χ1n) is 27.6. The van der Waals surface area contributed by atoms with Gasteiger partial charge in [0.05, 0.1) is 19.8 Å². The number of esters is 3. The van der Waals surface area contributed by atoms with E-state index >= 15 is 0 Å². The van der Waals surface area contributed by atoms with E-state index in [4.69, 9.17) is 23.3 Å². The van der Waals surface area contributed by atoms with E-state index in [0.717, 1.165) is 77.0 Å². The third-order valence-electron chi connectivity index (χ3n) is 12.2. The predicted octanol–water partition coefficient (Wildman–Crippen LogP) is 15.7. The van der Waals surface area contributed by atoms with Crippen molar-refractivity contribution in [2.24, 2.45) is 0 Å². The van der Waals surface area contributed by atoms with E-state index in [9.17, 15) is 28.9 Å². The van der Waals surface area contributed by atoms with Gasteiger partial charge in [0.2, 0.25) is 0 Å². The summed E-state index contributed by atoms with van der Waals surface area (Å²) in [5.41, 5.74) is 0. The number of allylic oxidation sites excluding steroid dienone is 2. The van der Waals surface area contributed by atoms with E-state index in [2.05, 4.69) is 32.9 Å². The molecule has 0 saturated carbocycles. The van der Waals surface area contributed by atoms with E-state index < -0.39 is 57.8 Å². The van der Waals surface area contributed by atoms with Crippen LogP contribution in [0.3, 0.4) is 0 Å². The second-order valence-corrected chi connectivity index (χ2v) is 20.2. The molecule has 3 unspecified atom stereocenters. The number of hydrogen-bond acceptors (Lipinski definition) is 10. The fourth-order valence-corrected chi connectivity index (χ4v) is 8.71. The van der Waals surface area contributed by atoms with Gasteiger partial charge in [-0.05, 0) is 38.5 Å². The van der Waals surface area contributed by atoms with Crippen LogP contribution in [-0.4, -0.2) is 66.5 Å². The second-order valence-electron chi connectivity index (χ2n) is 18.8. The highest BCUT2D eigenvalue weighted by atomic mass is 31.2. The van der Waals surface area contributed by atoms with Gasteiger partial charge in [-0.2, -0.15) is 0 Å². The van der Waals surface area contributed by atoms with Gasteiger partial charge in [-0.1, -0.05) is 232 Å². The number of carbonyl (C=O) groups is 3. The zero-order valence-corrected chi connectivity index (χ0v) is 43.8. The molecule has 0 fully saturated rings. The van der Waals surface area contributed by atoms with Crippen molar-refractivity contribution in [3.05, 3.63) is 12.2 Å². The molecular formula is C54H103O11P. The number of hydrogen-bond donors (Lipinski definition) is 2. The van der Waals surface area contributed by atoms with E-state index in [1.807, 2.05) is 0 Å². The van der Waals surface area contributed by atoms with Crippen LogP contribution in [0.2, 0.25) is 0 Å². The van der Waals surface area contributed by atoms with E-state index in [0.29, 0.717) is 19.3 Å². The van der Waals surface area contributed by atoms with Crippen molar-refractivity contribution in [1.82, 2.24) is 0 Å². The average molecular weight is 959 g/mol. The Balaban J connectivity index is 4.67. The van der Waals surface area contributed by atoms with Gasteiger partial charge in [0, 0.05) is 19.3 Å². The molecule has 3 atom stereocenters. The van der Waals surface area contributed by atoms with Gasteiger partial charge in [-0.3, -0.25) is 23.4 Å². The van der Waals surface area contributed by atoms with Crippen molar-refractivity contribution in [1.29, 1.82) is 0 Å². The summed E-state index contributed by atoms with van der Waals surface area (Å²) in [6.07, 6.45) is 46.1. The van der Waals surface area contributed by atoms with Crippen molar-refractivity contribution in [3.8, 4) is 0 Å². The fraction of sp³-hybridized carbons (Fsp3) is 0.907. The number of carbonyl (C=O) groups excluding carboxylic acids is 3. The minimum atomic E-state index is -4.73. The van der Waals surface area contributed by atoms with Crippen LogP contribution in [-0.2, 0) is 42.2 Å². The quantitative estimate of drug-likeness (QED) is 0.0197. The first-order valence-corrected chi connectivity index (χ1v) is 29.1. The largest absolute Gasteiger partial charge is 0.472 e. The number of aliphatic hydroxyl groups excluding tert-OH is 1. The lowest BCUT2D eigenvalue weighted by Gasteiger charge is -2.21. The molecule has 0 aliphatic carbocycles. The van der Waals surface area contributed by atoms with E-state index in [-0.39, 0.29) is 25.9 Å². The first kappa shape index (κ1) is 64.2. The summed E-state index contributed by atoms with van der Waals surface area (Å²) >= 11 is 0. The van der Waals surface area contributed by atoms with Crippen LogP contribution in [0.15, 0.2) is 12.2 Å². The Morgan fingerprint density at radius 1 is 0.409 bits per heavy atom. The molecule has 0 bridgehead atoms. The summed E-state index contributed by atoms with van der Waals surface area (Å²) in [5, 5.41) is 9.77. The third kappa shape index (κ3) is 47.3. The molecule has 0 spiro atoms. The third-order valence-corrected chi connectivity index (χ3v) is 13.1. The maximum atomic E-state index is 12.9. The summed E-state index contributed by atoms with van der Waals surface area (Å²) < 4.78 is 39.4. The van der Waals surface area contributed by atoms with Gasteiger partial charge in [0.25, 0.3) is 0 Å². The molecule has 11 nitrogen and oxygen atoms in total. The number of rotatable bonds is 52. The summed E-state index contributed by atoms with van der Waals surface area (Å²) in [6, 6.07) is 0. The number of phosphoric acid groups is 1. The number of ether oxygens (including phenoxy) is 3. The highest BCUT2D eigenvalue weighted by Crippen LogP contribution is 2.43.